The van der Waals surface area contributed by atoms with Crippen LogP contribution in [0.5, 0.6) is 5.75 Å². The fraction of sp³-hybridized carbons (Fsp3) is 0.462. The molecule has 1 aromatic carbocycles. The van der Waals surface area contributed by atoms with Crippen LogP contribution in [0.4, 0.5) is 0 Å². The second-order valence-corrected chi connectivity index (χ2v) is 4.81. The zero-order valence-electron chi connectivity index (χ0n) is 10.1. The Balaban J connectivity index is 2.13. The molecule has 17 heavy (non-hydrogen) atoms. The van der Waals surface area contributed by atoms with Crippen LogP contribution < -0.4 is 10.1 Å². The first-order valence-corrected chi connectivity index (χ1v) is 5.88. The van der Waals surface area contributed by atoms with Crippen molar-refractivity contribution in [1.82, 2.24) is 10.3 Å². The van der Waals surface area contributed by atoms with Crippen molar-refractivity contribution in [3.63, 3.8) is 0 Å². The van der Waals surface area contributed by atoms with Gasteiger partial charge in [0.2, 0.25) is 5.89 Å². The zero-order valence-corrected chi connectivity index (χ0v) is 10.1. The first-order valence-electron chi connectivity index (χ1n) is 5.88. The quantitative estimate of drug-likeness (QED) is 0.861. The van der Waals surface area contributed by atoms with Crippen molar-refractivity contribution >= 4 is 11.1 Å². The highest BCUT2D eigenvalue weighted by Crippen LogP contribution is 2.34. The first kappa shape index (κ1) is 10.6. The first-order chi connectivity index (χ1) is 8.23. The van der Waals surface area contributed by atoms with Gasteiger partial charge in [-0.05, 0) is 32.0 Å². The molecular weight excluding hydrogens is 216 g/mol. The SMILES string of the molecule is COc1cccc2oc(C3(C)CCNC3)nc12. The average molecular weight is 232 g/mol. The van der Waals surface area contributed by atoms with Crippen LogP contribution in [-0.2, 0) is 5.41 Å². The van der Waals surface area contributed by atoms with Gasteiger partial charge in [-0.2, -0.15) is 0 Å². The number of hydrogen-bond acceptors (Lipinski definition) is 4. The predicted molar refractivity (Wildman–Crippen MR) is 65.4 cm³/mol. The lowest BCUT2D eigenvalue weighted by Gasteiger charge is -2.17. The number of fused-ring (bicyclic) bond motifs is 1. The molecular formula is C13H16N2O2. The van der Waals surface area contributed by atoms with Crippen molar-refractivity contribution in [3.05, 3.63) is 24.1 Å². The minimum atomic E-state index is 0.00400. The number of nitrogens with one attached hydrogen (secondary N) is 1. The fourth-order valence-corrected chi connectivity index (χ4v) is 2.35. The maximum absolute atomic E-state index is 5.87. The lowest BCUT2D eigenvalue weighted by molar-refractivity contribution is 0.382. The highest BCUT2D eigenvalue weighted by atomic mass is 16.5. The molecule has 1 aliphatic heterocycles. The summed E-state index contributed by atoms with van der Waals surface area (Å²) in [7, 11) is 1.65. The number of oxazole rings is 1. The molecule has 1 unspecified atom stereocenters. The molecule has 2 aromatic rings. The van der Waals surface area contributed by atoms with Gasteiger partial charge in [-0.3, -0.25) is 0 Å². The third-order valence-corrected chi connectivity index (χ3v) is 3.49. The molecule has 1 fully saturated rings. The van der Waals surface area contributed by atoms with Gasteiger partial charge in [0, 0.05) is 6.54 Å². The fourth-order valence-electron chi connectivity index (χ4n) is 2.35. The Morgan fingerprint density at radius 3 is 3.06 bits per heavy atom. The Morgan fingerprint density at radius 2 is 2.35 bits per heavy atom. The monoisotopic (exact) mass is 232 g/mol. The predicted octanol–water partition coefficient (Wildman–Crippen LogP) is 2.09. The van der Waals surface area contributed by atoms with E-state index in [0.717, 1.165) is 42.3 Å². The van der Waals surface area contributed by atoms with Gasteiger partial charge in [0.05, 0.1) is 12.5 Å². The van der Waals surface area contributed by atoms with E-state index in [2.05, 4.69) is 17.2 Å². The third kappa shape index (κ3) is 1.60. The van der Waals surface area contributed by atoms with E-state index in [4.69, 9.17) is 9.15 Å². The van der Waals surface area contributed by atoms with Crippen LogP contribution in [0.1, 0.15) is 19.2 Å². The molecule has 0 radical (unpaired) electrons. The van der Waals surface area contributed by atoms with Crippen molar-refractivity contribution in [2.45, 2.75) is 18.8 Å². The van der Waals surface area contributed by atoms with E-state index >= 15 is 0 Å². The summed E-state index contributed by atoms with van der Waals surface area (Å²) in [5.74, 6) is 1.58. The van der Waals surface area contributed by atoms with Crippen LogP contribution >= 0.6 is 0 Å². The molecule has 90 valence electrons. The maximum Gasteiger partial charge on any atom is 0.202 e. The van der Waals surface area contributed by atoms with Crippen LogP contribution in [0, 0.1) is 0 Å². The summed E-state index contributed by atoms with van der Waals surface area (Å²) in [6.45, 7) is 4.12. The van der Waals surface area contributed by atoms with E-state index in [1.165, 1.54) is 0 Å². The maximum atomic E-state index is 5.87. The van der Waals surface area contributed by atoms with Gasteiger partial charge >= 0.3 is 0 Å². The van der Waals surface area contributed by atoms with E-state index in [9.17, 15) is 0 Å². The summed E-state index contributed by atoms with van der Waals surface area (Å²) >= 11 is 0. The van der Waals surface area contributed by atoms with Gasteiger partial charge in [-0.15, -0.1) is 0 Å². The molecule has 0 aliphatic carbocycles. The number of methoxy groups -OCH3 is 1. The van der Waals surface area contributed by atoms with Gasteiger partial charge in [0.1, 0.15) is 5.75 Å². The van der Waals surface area contributed by atoms with Crippen LogP contribution in [0.25, 0.3) is 11.1 Å². The molecule has 1 aliphatic rings. The summed E-state index contributed by atoms with van der Waals surface area (Å²) in [6.07, 6.45) is 1.06. The van der Waals surface area contributed by atoms with E-state index in [1.54, 1.807) is 7.11 Å². The van der Waals surface area contributed by atoms with E-state index < -0.39 is 0 Å². The van der Waals surface area contributed by atoms with Gasteiger partial charge in [-0.25, -0.2) is 4.98 Å². The Morgan fingerprint density at radius 1 is 1.47 bits per heavy atom. The number of nitrogens with zero attached hydrogens (tertiary/aromatic N) is 1. The molecule has 0 spiro atoms. The minimum absolute atomic E-state index is 0.00400. The van der Waals surface area contributed by atoms with E-state index in [1.807, 2.05) is 18.2 Å². The number of hydrogen-bond donors (Lipinski definition) is 1. The Hall–Kier alpha value is -1.55. The molecule has 2 heterocycles. The summed E-state index contributed by atoms with van der Waals surface area (Å²) in [5, 5.41) is 3.35. The summed E-state index contributed by atoms with van der Waals surface area (Å²) in [6, 6.07) is 5.76. The van der Waals surface area contributed by atoms with Gasteiger partial charge in [0.25, 0.3) is 0 Å². The molecule has 3 rings (SSSR count). The molecule has 1 N–H and O–H groups in total. The number of aromatic nitrogens is 1. The standard InChI is InChI=1S/C13H16N2O2/c1-13(6-7-14-8-13)12-15-11-9(16-2)4-3-5-10(11)17-12/h3-5,14H,6-8H2,1-2H3. The third-order valence-electron chi connectivity index (χ3n) is 3.49. The molecule has 1 saturated heterocycles. The lowest BCUT2D eigenvalue weighted by atomic mass is 9.90. The van der Waals surface area contributed by atoms with Crippen molar-refractivity contribution in [2.75, 3.05) is 20.2 Å². The van der Waals surface area contributed by atoms with Gasteiger partial charge < -0.3 is 14.5 Å². The van der Waals surface area contributed by atoms with Gasteiger partial charge in [-0.1, -0.05) is 6.07 Å². The second-order valence-electron chi connectivity index (χ2n) is 4.81. The zero-order chi connectivity index (χ0) is 11.9. The minimum Gasteiger partial charge on any atom is -0.494 e. The Labute approximate surface area is 100.0 Å². The highest BCUT2D eigenvalue weighted by molar-refractivity contribution is 5.79. The average Bonchev–Trinajstić information content (AvgIpc) is 2.95. The van der Waals surface area contributed by atoms with Crippen LogP contribution in [0.2, 0.25) is 0 Å². The Bertz CT molecular complexity index is 541. The topological polar surface area (TPSA) is 47.3 Å². The summed E-state index contributed by atoms with van der Waals surface area (Å²) in [4.78, 5) is 4.61. The molecule has 0 saturated carbocycles. The molecule has 4 nitrogen and oxygen atoms in total. The Kier molecular flexibility index (Phi) is 2.33. The smallest absolute Gasteiger partial charge is 0.202 e. The van der Waals surface area contributed by atoms with Crippen LogP contribution in [0.15, 0.2) is 22.6 Å². The normalized spacial score (nSPS) is 24.4. The van der Waals surface area contributed by atoms with E-state index in [-0.39, 0.29) is 5.41 Å². The van der Waals surface area contributed by atoms with Crippen LogP contribution in [-0.4, -0.2) is 25.2 Å². The number of para-hydroxylation sites is 1. The van der Waals surface area contributed by atoms with Crippen molar-refractivity contribution in [2.24, 2.45) is 0 Å². The molecule has 1 atom stereocenters. The highest BCUT2D eigenvalue weighted by Gasteiger charge is 2.35. The second kappa shape index (κ2) is 3.74. The molecule has 4 heteroatoms. The number of rotatable bonds is 2. The van der Waals surface area contributed by atoms with Crippen molar-refractivity contribution in [1.29, 1.82) is 0 Å². The van der Waals surface area contributed by atoms with Gasteiger partial charge in [0.15, 0.2) is 11.1 Å². The largest absolute Gasteiger partial charge is 0.494 e. The molecule has 0 amide bonds. The summed E-state index contributed by atoms with van der Waals surface area (Å²) < 4.78 is 11.2. The summed E-state index contributed by atoms with van der Waals surface area (Å²) in [5.41, 5.74) is 1.62. The van der Waals surface area contributed by atoms with E-state index in [0.29, 0.717) is 0 Å². The lowest BCUT2D eigenvalue weighted by Crippen LogP contribution is -2.25. The van der Waals surface area contributed by atoms with Crippen molar-refractivity contribution < 1.29 is 9.15 Å². The molecule has 0 bridgehead atoms. The van der Waals surface area contributed by atoms with Crippen LogP contribution in [0.3, 0.4) is 0 Å². The molecule has 1 aromatic heterocycles. The number of benzene rings is 1. The number of ether oxygens (including phenoxy) is 1. The van der Waals surface area contributed by atoms with Crippen molar-refractivity contribution in [3.8, 4) is 5.75 Å².